The van der Waals surface area contributed by atoms with Crippen LogP contribution in [0.15, 0.2) is 18.5 Å². The van der Waals surface area contributed by atoms with Crippen LogP contribution in [-0.2, 0) is 9.53 Å². The molecule has 1 aliphatic carbocycles. The van der Waals surface area contributed by atoms with Gasteiger partial charge in [-0.1, -0.05) is 12.8 Å². The summed E-state index contributed by atoms with van der Waals surface area (Å²) in [6.07, 6.45) is 10.5. The van der Waals surface area contributed by atoms with Crippen LogP contribution in [0.25, 0.3) is 0 Å². The number of piperidine rings is 1. The molecule has 3 fully saturated rings. The Kier molecular flexibility index (Phi) is 5.32. The van der Waals surface area contributed by atoms with Gasteiger partial charge in [-0.2, -0.15) is 0 Å². The van der Waals surface area contributed by atoms with E-state index in [9.17, 15) is 9.90 Å². The zero-order chi connectivity index (χ0) is 18.9. The number of amides is 1. The van der Waals surface area contributed by atoms with Gasteiger partial charge in [0.05, 0.1) is 12.2 Å². The van der Waals surface area contributed by atoms with E-state index in [2.05, 4.69) is 14.9 Å². The van der Waals surface area contributed by atoms with Gasteiger partial charge in [-0.25, -0.2) is 9.97 Å². The molecule has 2 saturated heterocycles. The highest BCUT2D eigenvalue weighted by Crippen LogP contribution is 2.42. The Morgan fingerprint density at radius 3 is 2.63 bits per heavy atom. The van der Waals surface area contributed by atoms with Gasteiger partial charge in [-0.3, -0.25) is 4.79 Å². The standard InChI is InChI=1S/C20H30N4O3/c1-27-20(14-25)7-11-23(12-8-20)18(26)17-13-15-5-2-3-6-16(15)24(17)19-21-9-4-10-22-19/h4,9-10,15-17,25H,2-3,5-8,11-14H2,1H3/t15-,16-,17+/m1/s1. The molecule has 1 amide bonds. The lowest BCUT2D eigenvalue weighted by molar-refractivity contribution is -0.140. The van der Waals surface area contributed by atoms with Gasteiger partial charge in [0.2, 0.25) is 11.9 Å². The lowest BCUT2D eigenvalue weighted by Gasteiger charge is -2.41. The Morgan fingerprint density at radius 1 is 1.26 bits per heavy atom. The molecule has 3 atom stereocenters. The summed E-state index contributed by atoms with van der Waals surface area (Å²) >= 11 is 0. The number of carbonyl (C=O) groups is 1. The second kappa shape index (κ2) is 7.72. The first kappa shape index (κ1) is 18.6. The van der Waals surface area contributed by atoms with Crippen molar-refractivity contribution in [3.05, 3.63) is 18.5 Å². The minimum Gasteiger partial charge on any atom is -0.393 e. The van der Waals surface area contributed by atoms with E-state index in [1.54, 1.807) is 19.5 Å². The van der Waals surface area contributed by atoms with Crippen molar-refractivity contribution >= 4 is 11.9 Å². The predicted molar refractivity (Wildman–Crippen MR) is 101 cm³/mol. The van der Waals surface area contributed by atoms with Crippen LogP contribution in [0.2, 0.25) is 0 Å². The molecule has 0 bridgehead atoms. The van der Waals surface area contributed by atoms with Crippen molar-refractivity contribution in [3.63, 3.8) is 0 Å². The maximum atomic E-state index is 13.4. The highest BCUT2D eigenvalue weighted by atomic mass is 16.5. The summed E-state index contributed by atoms with van der Waals surface area (Å²) in [5, 5.41) is 9.66. The summed E-state index contributed by atoms with van der Waals surface area (Å²) < 4.78 is 5.53. The SMILES string of the molecule is COC1(CO)CCN(C(=O)[C@@H]2C[C@H]3CCCC[C@H]3N2c2ncccn2)CC1. The summed E-state index contributed by atoms with van der Waals surface area (Å²) in [5.41, 5.74) is -0.497. The molecule has 7 heteroatoms. The van der Waals surface area contributed by atoms with Crippen LogP contribution in [-0.4, -0.2) is 70.4 Å². The highest BCUT2D eigenvalue weighted by Gasteiger charge is 2.48. The first-order valence-electron chi connectivity index (χ1n) is 10.2. The van der Waals surface area contributed by atoms with Crippen LogP contribution in [0.1, 0.15) is 44.9 Å². The van der Waals surface area contributed by atoms with E-state index in [4.69, 9.17) is 4.74 Å². The fraction of sp³-hybridized carbons (Fsp3) is 0.750. The molecule has 1 saturated carbocycles. The second-order valence-corrected chi connectivity index (χ2v) is 8.19. The lowest BCUT2D eigenvalue weighted by Crippen LogP contribution is -2.54. The molecule has 0 spiro atoms. The largest absolute Gasteiger partial charge is 0.393 e. The number of anilines is 1. The highest BCUT2D eigenvalue weighted by molar-refractivity contribution is 5.86. The maximum absolute atomic E-state index is 13.4. The number of aromatic nitrogens is 2. The second-order valence-electron chi connectivity index (χ2n) is 8.19. The third-order valence-corrected chi connectivity index (χ3v) is 6.86. The lowest BCUT2D eigenvalue weighted by atomic mass is 9.84. The summed E-state index contributed by atoms with van der Waals surface area (Å²) in [6.45, 7) is 1.26. The number of hydrogen-bond donors (Lipinski definition) is 1. The summed E-state index contributed by atoms with van der Waals surface area (Å²) in [5.74, 6) is 1.42. The van der Waals surface area contributed by atoms with Crippen LogP contribution < -0.4 is 4.90 Å². The third kappa shape index (κ3) is 3.43. The number of ether oxygens (including phenoxy) is 1. The monoisotopic (exact) mass is 374 g/mol. The molecule has 148 valence electrons. The number of aliphatic hydroxyl groups excluding tert-OH is 1. The van der Waals surface area contributed by atoms with Crippen molar-refractivity contribution in [1.29, 1.82) is 0 Å². The average molecular weight is 374 g/mol. The van der Waals surface area contributed by atoms with Crippen molar-refractivity contribution < 1.29 is 14.6 Å². The van der Waals surface area contributed by atoms with Crippen LogP contribution in [0.4, 0.5) is 5.95 Å². The average Bonchev–Trinajstić information content (AvgIpc) is 3.13. The Bertz CT molecular complexity index is 642. The number of fused-ring (bicyclic) bond motifs is 1. The predicted octanol–water partition coefficient (Wildman–Crippen LogP) is 1.61. The van der Waals surface area contributed by atoms with Gasteiger partial charge in [0.1, 0.15) is 6.04 Å². The van der Waals surface area contributed by atoms with Gasteiger partial charge in [0.15, 0.2) is 0 Å². The number of methoxy groups -OCH3 is 1. The van der Waals surface area contributed by atoms with Crippen LogP contribution in [0.3, 0.4) is 0 Å². The van der Waals surface area contributed by atoms with E-state index in [1.165, 1.54) is 19.3 Å². The molecule has 0 unspecified atom stereocenters. The van der Waals surface area contributed by atoms with Crippen molar-refractivity contribution in [1.82, 2.24) is 14.9 Å². The van der Waals surface area contributed by atoms with Gasteiger partial charge >= 0.3 is 0 Å². The maximum Gasteiger partial charge on any atom is 0.245 e. The number of rotatable bonds is 4. The summed E-state index contributed by atoms with van der Waals surface area (Å²) in [6, 6.07) is 2.01. The number of carbonyl (C=O) groups excluding carboxylic acids is 1. The minimum absolute atomic E-state index is 0.00306. The first-order valence-corrected chi connectivity index (χ1v) is 10.2. The Hall–Kier alpha value is -1.73. The molecule has 3 aliphatic rings. The summed E-state index contributed by atoms with van der Waals surface area (Å²) in [7, 11) is 1.64. The number of likely N-dealkylation sites (tertiary alicyclic amines) is 1. The van der Waals surface area contributed by atoms with Crippen LogP contribution >= 0.6 is 0 Å². The molecule has 0 radical (unpaired) electrons. The molecule has 4 rings (SSSR count). The van der Waals surface area contributed by atoms with Gasteiger partial charge in [-0.05, 0) is 44.1 Å². The van der Waals surface area contributed by atoms with E-state index in [0.717, 1.165) is 12.8 Å². The quantitative estimate of drug-likeness (QED) is 0.863. The number of hydrogen-bond acceptors (Lipinski definition) is 6. The van der Waals surface area contributed by atoms with Gasteiger partial charge in [0.25, 0.3) is 0 Å². The van der Waals surface area contributed by atoms with Crippen molar-refractivity contribution in [3.8, 4) is 0 Å². The van der Waals surface area contributed by atoms with E-state index >= 15 is 0 Å². The third-order valence-electron chi connectivity index (χ3n) is 6.86. The molecule has 1 aromatic rings. The first-order chi connectivity index (χ1) is 13.2. The summed E-state index contributed by atoms with van der Waals surface area (Å²) in [4.78, 5) is 26.5. The zero-order valence-electron chi connectivity index (χ0n) is 16.1. The van der Waals surface area contributed by atoms with E-state index < -0.39 is 5.60 Å². The van der Waals surface area contributed by atoms with Crippen molar-refractivity contribution in [2.45, 2.75) is 62.6 Å². The normalized spacial score (nSPS) is 30.2. The molecule has 0 aromatic carbocycles. The van der Waals surface area contributed by atoms with Crippen molar-refractivity contribution in [2.75, 3.05) is 31.7 Å². The minimum atomic E-state index is -0.497. The number of aliphatic hydroxyl groups is 1. The number of nitrogens with zero attached hydrogens (tertiary/aromatic N) is 4. The molecular weight excluding hydrogens is 344 g/mol. The smallest absolute Gasteiger partial charge is 0.245 e. The van der Waals surface area contributed by atoms with Gasteiger partial charge in [0, 0.05) is 38.6 Å². The molecule has 3 heterocycles. The Balaban J connectivity index is 1.53. The molecule has 2 aliphatic heterocycles. The van der Waals surface area contributed by atoms with Crippen molar-refractivity contribution in [2.24, 2.45) is 5.92 Å². The fourth-order valence-corrected chi connectivity index (χ4v) is 5.16. The zero-order valence-corrected chi connectivity index (χ0v) is 16.1. The molecule has 7 nitrogen and oxygen atoms in total. The molecule has 27 heavy (non-hydrogen) atoms. The van der Waals surface area contributed by atoms with Crippen LogP contribution in [0.5, 0.6) is 0 Å². The van der Waals surface area contributed by atoms with E-state index in [-0.39, 0.29) is 18.6 Å². The Labute approximate surface area is 160 Å². The topological polar surface area (TPSA) is 78.8 Å². The molecule has 1 aromatic heterocycles. The van der Waals surface area contributed by atoms with Gasteiger partial charge in [-0.15, -0.1) is 0 Å². The van der Waals surface area contributed by atoms with Gasteiger partial charge < -0.3 is 19.6 Å². The fourth-order valence-electron chi connectivity index (χ4n) is 5.16. The molecular formula is C20H30N4O3. The van der Waals surface area contributed by atoms with Crippen LogP contribution in [0, 0.1) is 5.92 Å². The van der Waals surface area contributed by atoms with E-state index in [1.807, 2.05) is 11.0 Å². The van der Waals surface area contributed by atoms with E-state index in [0.29, 0.717) is 43.8 Å². The Morgan fingerprint density at radius 2 is 1.96 bits per heavy atom. The molecule has 1 N–H and O–H groups in total.